The van der Waals surface area contributed by atoms with Crippen molar-refractivity contribution in [2.75, 3.05) is 6.54 Å². The number of imide groups is 1. The second-order valence-corrected chi connectivity index (χ2v) is 6.29. The topological polar surface area (TPSA) is 55.8 Å². The molecule has 3 rings (SSSR count). The molecule has 1 heterocycles. The van der Waals surface area contributed by atoms with Crippen LogP contribution in [0.1, 0.15) is 18.1 Å². The number of nitrogens with zero attached hydrogens (tertiary/aromatic N) is 1. The molecule has 0 N–H and O–H groups in total. The first kappa shape index (κ1) is 19.0. The molecule has 2 amide bonds. The van der Waals surface area contributed by atoms with Crippen LogP contribution in [-0.2, 0) is 32.3 Å². The molecule has 0 bridgehead atoms. The molecule has 5 heteroatoms. The number of rotatable bonds is 8. The summed E-state index contributed by atoms with van der Waals surface area (Å²) in [6.07, 6.45) is 1.70. The van der Waals surface area contributed by atoms with Gasteiger partial charge in [0.2, 0.25) is 0 Å². The molecule has 2 atom stereocenters. The third-order valence-corrected chi connectivity index (χ3v) is 4.36. The van der Waals surface area contributed by atoms with E-state index in [1.807, 2.05) is 67.6 Å². The van der Waals surface area contributed by atoms with Crippen molar-refractivity contribution >= 4 is 11.8 Å². The van der Waals surface area contributed by atoms with Crippen molar-refractivity contribution in [2.24, 2.45) is 0 Å². The van der Waals surface area contributed by atoms with Crippen LogP contribution in [0.2, 0.25) is 0 Å². The molecule has 0 aliphatic carbocycles. The van der Waals surface area contributed by atoms with E-state index < -0.39 is 12.2 Å². The van der Waals surface area contributed by atoms with E-state index in [0.29, 0.717) is 0 Å². The lowest BCUT2D eigenvalue weighted by molar-refractivity contribution is -0.142. The van der Waals surface area contributed by atoms with Crippen LogP contribution in [0.4, 0.5) is 0 Å². The Morgan fingerprint density at radius 2 is 1.26 bits per heavy atom. The number of likely N-dealkylation sites (tertiary alicyclic amines) is 1. The van der Waals surface area contributed by atoms with Gasteiger partial charge in [0.1, 0.15) is 0 Å². The summed E-state index contributed by atoms with van der Waals surface area (Å²) in [5.41, 5.74) is 1.87. The number of ether oxygens (including phenoxy) is 2. The number of hydrogen-bond acceptors (Lipinski definition) is 4. The van der Waals surface area contributed by atoms with Crippen LogP contribution in [0.15, 0.2) is 72.8 Å². The first-order valence-corrected chi connectivity index (χ1v) is 8.98. The molecular formula is C22H23NO4. The smallest absolute Gasteiger partial charge is 0.261 e. The lowest BCUT2D eigenvalue weighted by atomic mass is 10.2. The van der Waals surface area contributed by atoms with Gasteiger partial charge in [-0.15, -0.1) is 0 Å². The predicted octanol–water partition coefficient (Wildman–Crippen LogP) is 3.10. The van der Waals surface area contributed by atoms with E-state index in [1.54, 1.807) is 12.2 Å². The molecule has 1 saturated heterocycles. The summed E-state index contributed by atoms with van der Waals surface area (Å²) in [7, 11) is 0. The van der Waals surface area contributed by atoms with E-state index in [-0.39, 0.29) is 31.6 Å². The summed E-state index contributed by atoms with van der Waals surface area (Å²) in [4.78, 5) is 26.7. The zero-order valence-corrected chi connectivity index (χ0v) is 15.3. The van der Waals surface area contributed by atoms with Crippen LogP contribution in [-0.4, -0.2) is 35.5 Å². The molecular weight excluding hydrogens is 342 g/mol. The molecule has 2 aromatic rings. The maximum absolute atomic E-state index is 12.7. The fraction of sp³-hybridized carbons (Fsp3) is 0.273. The van der Waals surface area contributed by atoms with Crippen LogP contribution in [0.5, 0.6) is 0 Å². The van der Waals surface area contributed by atoms with Crippen molar-refractivity contribution in [3.05, 3.63) is 83.9 Å². The Balaban J connectivity index is 1.72. The third-order valence-electron chi connectivity index (χ3n) is 4.36. The highest BCUT2D eigenvalue weighted by Crippen LogP contribution is 2.22. The summed E-state index contributed by atoms with van der Waals surface area (Å²) in [5.74, 6) is -0.709. The van der Waals surface area contributed by atoms with Gasteiger partial charge in [0.25, 0.3) is 11.8 Å². The van der Waals surface area contributed by atoms with E-state index in [0.717, 1.165) is 11.1 Å². The van der Waals surface area contributed by atoms with E-state index in [2.05, 4.69) is 0 Å². The van der Waals surface area contributed by atoms with Gasteiger partial charge in [-0.1, -0.05) is 72.8 Å². The Morgan fingerprint density at radius 1 is 0.815 bits per heavy atom. The Morgan fingerprint density at radius 3 is 1.67 bits per heavy atom. The molecule has 2 aromatic carbocycles. The SMILES string of the molecule is C/C=C/CN1C(=O)[C@H](OCc2ccccc2)[C@@H](OCc2ccccc2)C1=O. The Hall–Kier alpha value is -2.76. The monoisotopic (exact) mass is 365 g/mol. The van der Waals surface area contributed by atoms with Gasteiger partial charge in [-0.2, -0.15) is 0 Å². The average molecular weight is 365 g/mol. The highest BCUT2D eigenvalue weighted by atomic mass is 16.6. The van der Waals surface area contributed by atoms with Gasteiger partial charge in [-0.05, 0) is 18.1 Å². The van der Waals surface area contributed by atoms with Crippen molar-refractivity contribution in [1.29, 1.82) is 0 Å². The molecule has 0 saturated carbocycles. The number of carbonyl (C=O) groups excluding carboxylic acids is 2. The highest BCUT2D eigenvalue weighted by Gasteiger charge is 2.49. The van der Waals surface area contributed by atoms with Crippen molar-refractivity contribution in [3.8, 4) is 0 Å². The minimum absolute atomic E-state index is 0.227. The Bertz CT molecular complexity index is 727. The maximum Gasteiger partial charge on any atom is 0.261 e. The van der Waals surface area contributed by atoms with E-state index >= 15 is 0 Å². The molecule has 0 spiro atoms. The van der Waals surface area contributed by atoms with Crippen LogP contribution in [0.25, 0.3) is 0 Å². The molecule has 0 aromatic heterocycles. The van der Waals surface area contributed by atoms with Gasteiger partial charge in [0.15, 0.2) is 12.2 Å². The van der Waals surface area contributed by atoms with Crippen molar-refractivity contribution < 1.29 is 19.1 Å². The van der Waals surface area contributed by atoms with Gasteiger partial charge in [0, 0.05) is 6.54 Å². The third kappa shape index (κ3) is 4.70. The van der Waals surface area contributed by atoms with Gasteiger partial charge < -0.3 is 9.47 Å². The molecule has 0 radical (unpaired) electrons. The molecule has 1 fully saturated rings. The molecule has 1 aliphatic heterocycles. The fourth-order valence-electron chi connectivity index (χ4n) is 2.90. The quantitative estimate of drug-likeness (QED) is 0.533. The Labute approximate surface area is 159 Å². The minimum Gasteiger partial charge on any atom is -0.360 e. The second-order valence-electron chi connectivity index (χ2n) is 6.29. The molecule has 140 valence electrons. The summed E-state index contributed by atoms with van der Waals surface area (Å²) in [5, 5.41) is 0. The van der Waals surface area contributed by atoms with Crippen molar-refractivity contribution in [3.63, 3.8) is 0 Å². The van der Waals surface area contributed by atoms with E-state index in [4.69, 9.17) is 9.47 Å². The molecule has 1 aliphatic rings. The summed E-state index contributed by atoms with van der Waals surface area (Å²) in [6, 6.07) is 19.1. The van der Waals surface area contributed by atoms with E-state index in [9.17, 15) is 9.59 Å². The number of amides is 2. The standard InChI is InChI=1S/C22H23NO4/c1-2-3-14-23-21(24)19(26-15-17-10-6-4-7-11-17)20(22(23)25)27-16-18-12-8-5-9-13-18/h2-13,19-20H,14-16H2,1H3/b3-2+/t19-,20-/m1/s1. The first-order valence-electron chi connectivity index (χ1n) is 8.98. The van der Waals surface area contributed by atoms with E-state index in [1.165, 1.54) is 4.90 Å². The predicted molar refractivity (Wildman–Crippen MR) is 102 cm³/mol. The maximum atomic E-state index is 12.7. The molecule has 0 unspecified atom stereocenters. The van der Waals surface area contributed by atoms with Gasteiger partial charge >= 0.3 is 0 Å². The van der Waals surface area contributed by atoms with Crippen molar-refractivity contribution in [2.45, 2.75) is 32.3 Å². The van der Waals surface area contributed by atoms with Crippen LogP contribution in [0.3, 0.4) is 0 Å². The zero-order chi connectivity index (χ0) is 19.1. The summed E-state index contributed by atoms with van der Waals surface area (Å²) < 4.78 is 11.6. The first-order chi connectivity index (χ1) is 13.2. The van der Waals surface area contributed by atoms with Crippen LogP contribution < -0.4 is 0 Å². The lowest BCUT2D eigenvalue weighted by Gasteiger charge is -2.17. The number of hydrogen-bond donors (Lipinski definition) is 0. The Kier molecular flexibility index (Phi) is 6.52. The van der Waals surface area contributed by atoms with Crippen LogP contribution in [0, 0.1) is 0 Å². The highest BCUT2D eigenvalue weighted by molar-refractivity contribution is 6.08. The fourth-order valence-corrected chi connectivity index (χ4v) is 2.90. The van der Waals surface area contributed by atoms with Gasteiger partial charge in [0.05, 0.1) is 13.2 Å². The lowest BCUT2D eigenvalue weighted by Crippen LogP contribution is -2.34. The van der Waals surface area contributed by atoms with Crippen LogP contribution >= 0.6 is 0 Å². The number of allylic oxidation sites excluding steroid dienone is 1. The summed E-state index contributed by atoms with van der Waals surface area (Å²) in [6.45, 7) is 2.56. The molecule has 5 nitrogen and oxygen atoms in total. The minimum atomic E-state index is -0.938. The summed E-state index contributed by atoms with van der Waals surface area (Å²) >= 11 is 0. The van der Waals surface area contributed by atoms with Gasteiger partial charge in [-0.3, -0.25) is 14.5 Å². The second kappa shape index (κ2) is 9.26. The van der Waals surface area contributed by atoms with Gasteiger partial charge in [-0.25, -0.2) is 0 Å². The average Bonchev–Trinajstić information content (AvgIpc) is 2.93. The van der Waals surface area contributed by atoms with Crippen molar-refractivity contribution in [1.82, 2.24) is 4.90 Å². The molecule has 27 heavy (non-hydrogen) atoms. The number of benzene rings is 2. The normalized spacial score (nSPS) is 20.0. The zero-order valence-electron chi connectivity index (χ0n) is 15.3. The number of carbonyl (C=O) groups is 2. The largest absolute Gasteiger partial charge is 0.360 e.